The first-order valence-electron chi connectivity index (χ1n) is 13.2. The third-order valence-corrected chi connectivity index (χ3v) is 6.09. The fraction of sp³-hybridized carbons (Fsp3) is 0.517. The van der Waals surface area contributed by atoms with E-state index in [0.717, 1.165) is 38.7 Å². The highest BCUT2D eigenvalue weighted by atomic mass is 16.7. The van der Waals surface area contributed by atoms with Gasteiger partial charge in [0.25, 0.3) is 0 Å². The number of methoxy groups -OCH3 is 1. The summed E-state index contributed by atoms with van der Waals surface area (Å²) in [5.74, 6) is -2.58. The van der Waals surface area contributed by atoms with Crippen molar-refractivity contribution in [3.8, 4) is 5.75 Å². The van der Waals surface area contributed by atoms with Crippen molar-refractivity contribution in [1.82, 2.24) is 5.32 Å². The van der Waals surface area contributed by atoms with Gasteiger partial charge in [-0.05, 0) is 11.5 Å². The van der Waals surface area contributed by atoms with Crippen LogP contribution in [-0.4, -0.2) is 87.0 Å². The predicted octanol–water partition coefficient (Wildman–Crippen LogP) is 2.29. The number of carbonyl (C=O) groups excluding carboxylic acids is 4. The molecular formula is C29H37NO11. The average Bonchev–Trinajstić information content (AvgIpc) is 2.91. The molecule has 0 aliphatic carbocycles. The molecule has 12 heteroatoms. The Bertz CT molecular complexity index is 1210. The van der Waals surface area contributed by atoms with Gasteiger partial charge in [0.15, 0.2) is 30.7 Å². The molecule has 12 nitrogen and oxygen atoms in total. The standard InChI is InChI=1S/C29H37NO11/c1-16(2)30-14-21(15-36-23-13-9-11-20-10-7-8-12-22(20)23)40-29-27(39-19(5)33)25(38-18(4)32)24(37-17(3)31)26(41-29)28(34)35-6/h7-13,16,21,24-27,29-30H,14-15H2,1-6H3/t21?,24-,25+,26-,27+,29+/m0/s1. The number of hydrogen-bond donors (Lipinski definition) is 1. The Morgan fingerprint density at radius 2 is 1.46 bits per heavy atom. The van der Waals surface area contributed by atoms with Gasteiger partial charge in [-0.2, -0.15) is 0 Å². The number of ether oxygens (including phenoxy) is 7. The van der Waals surface area contributed by atoms with Crippen LogP contribution in [0.2, 0.25) is 0 Å². The van der Waals surface area contributed by atoms with Gasteiger partial charge in [0.1, 0.15) is 18.5 Å². The fourth-order valence-corrected chi connectivity index (χ4v) is 4.40. The number of carbonyl (C=O) groups is 4. The van der Waals surface area contributed by atoms with Crippen LogP contribution in [0.3, 0.4) is 0 Å². The van der Waals surface area contributed by atoms with Crippen LogP contribution in [0.4, 0.5) is 0 Å². The summed E-state index contributed by atoms with van der Waals surface area (Å²) in [7, 11) is 1.12. The first-order chi connectivity index (χ1) is 19.5. The largest absolute Gasteiger partial charge is 0.490 e. The molecular weight excluding hydrogens is 538 g/mol. The van der Waals surface area contributed by atoms with E-state index in [1.807, 2.05) is 56.3 Å². The zero-order chi connectivity index (χ0) is 30.1. The van der Waals surface area contributed by atoms with Crippen LogP contribution in [0.1, 0.15) is 34.6 Å². The summed E-state index contributed by atoms with van der Waals surface area (Å²) in [6.07, 6.45) is -8.02. The second kappa shape index (κ2) is 14.8. The Balaban J connectivity index is 1.95. The molecule has 1 fully saturated rings. The van der Waals surface area contributed by atoms with Crippen LogP contribution in [0.5, 0.6) is 5.75 Å². The summed E-state index contributed by atoms with van der Waals surface area (Å²) in [6.45, 7) is 7.61. The van der Waals surface area contributed by atoms with Crippen LogP contribution in [0.25, 0.3) is 10.8 Å². The maximum Gasteiger partial charge on any atom is 0.339 e. The molecule has 1 aliphatic heterocycles. The quantitative estimate of drug-likeness (QED) is 0.293. The van der Waals surface area contributed by atoms with Gasteiger partial charge in [-0.1, -0.05) is 50.2 Å². The van der Waals surface area contributed by atoms with E-state index in [-0.39, 0.29) is 19.2 Å². The minimum atomic E-state index is -1.55. The van der Waals surface area contributed by atoms with Crippen LogP contribution in [0, 0.1) is 0 Å². The van der Waals surface area contributed by atoms with E-state index < -0.39 is 60.7 Å². The Morgan fingerprint density at radius 3 is 2.10 bits per heavy atom. The third kappa shape index (κ3) is 8.87. The molecule has 2 aromatic carbocycles. The monoisotopic (exact) mass is 575 g/mol. The Morgan fingerprint density at radius 1 is 0.854 bits per heavy atom. The Labute approximate surface area is 238 Å². The lowest BCUT2D eigenvalue weighted by molar-refractivity contribution is -0.311. The number of fused-ring (bicyclic) bond motifs is 1. The number of hydrogen-bond acceptors (Lipinski definition) is 12. The van der Waals surface area contributed by atoms with Crippen molar-refractivity contribution in [2.75, 3.05) is 20.3 Å². The van der Waals surface area contributed by atoms with E-state index in [9.17, 15) is 19.2 Å². The van der Waals surface area contributed by atoms with Crippen LogP contribution >= 0.6 is 0 Å². The highest BCUT2D eigenvalue weighted by Gasteiger charge is 2.55. The lowest BCUT2D eigenvalue weighted by atomic mass is 9.97. The van der Waals surface area contributed by atoms with E-state index in [1.54, 1.807) is 0 Å². The zero-order valence-electron chi connectivity index (χ0n) is 24.0. The van der Waals surface area contributed by atoms with Crippen molar-refractivity contribution in [2.24, 2.45) is 0 Å². The molecule has 3 rings (SSSR count). The molecule has 1 saturated heterocycles. The fourth-order valence-electron chi connectivity index (χ4n) is 4.40. The smallest absolute Gasteiger partial charge is 0.339 e. The summed E-state index contributed by atoms with van der Waals surface area (Å²) in [4.78, 5) is 48.8. The van der Waals surface area contributed by atoms with Crippen molar-refractivity contribution in [3.63, 3.8) is 0 Å². The van der Waals surface area contributed by atoms with Gasteiger partial charge in [0.05, 0.1) is 7.11 Å². The molecule has 0 bridgehead atoms. The van der Waals surface area contributed by atoms with Crippen molar-refractivity contribution >= 4 is 34.6 Å². The lowest BCUT2D eigenvalue weighted by Crippen LogP contribution is -2.64. The summed E-state index contributed by atoms with van der Waals surface area (Å²) >= 11 is 0. The molecule has 0 radical (unpaired) electrons. The molecule has 0 saturated carbocycles. The maximum atomic E-state index is 12.7. The van der Waals surface area contributed by atoms with Gasteiger partial charge >= 0.3 is 23.9 Å². The van der Waals surface area contributed by atoms with Gasteiger partial charge < -0.3 is 38.5 Å². The molecule has 1 aliphatic rings. The molecule has 41 heavy (non-hydrogen) atoms. The second-order valence-corrected chi connectivity index (χ2v) is 9.78. The predicted molar refractivity (Wildman–Crippen MR) is 145 cm³/mol. The molecule has 6 atom stereocenters. The normalized spacial score (nSPS) is 23.0. The Kier molecular flexibility index (Phi) is 11.4. The van der Waals surface area contributed by atoms with Crippen molar-refractivity contribution < 1.29 is 52.3 Å². The minimum absolute atomic E-state index is 0.0366. The van der Waals surface area contributed by atoms with Gasteiger partial charge in [0.2, 0.25) is 0 Å². The maximum absolute atomic E-state index is 12.7. The van der Waals surface area contributed by atoms with E-state index in [4.69, 9.17) is 33.2 Å². The van der Waals surface area contributed by atoms with Gasteiger partial charge in [-0.25, -0.2) is 4.79 Å². The molecule has 0 spiro atoms. The summed E-state index contributed by atoms with van der Waals surface area (Å²) in [5.41, 5.74) is 0. The topological polar surface area (TPSA) is 145 Å². The summed E-state index contributed by atoms with van der Waals surface area (Å²) in [6, 6.07) is 13.5. The van der Waals surface area contributed by atoms with Crippen molar-refractivity contribution in [3.05, 3.63) is 42.5 Å². The highest BCUT2D eigenvalue weighted by molar-refractivity contribution is 5.88. The molecule has 0 amide bonds. The highest BCUT2D eigenvalue weighted by Crippen LogP contribution is 2.31. The molecule has 224 valence electrons. The van der Waals surface area contributed by atoms with E-state index >= 15 is 0 Å². The van der Waals surface area contributed by atoms with Crippen molar-refractivity contribution in [2.45, 2.75) is 77.5 Å². The first kappa shape index (κ1) is 31.8. The lowest BCUT2D eigenvalue weighted by Gasteiger charge is -2.44. The third-order valence-electron chi connectivity index (χ3n) is 6.09. The second-order valence-electron chi connectivity index (χ2n) is 9.78. The molecule has 2 aromatic rings. The van der Waals surface area contributed by atoms with E-state index in [1.165, 1.54) is 0 Å². The number of nitrogens with one attached hydrogen (secondary N) is 1. The number of esters is 4. The van der Waals surface area contributed by atoms with E-state index in [0.29, 0.717) is 5.75 Å². The average molecular weight is 576 g/mol. The SMILES string of the molecule is COC(=O)[C@H]1O[C@@H](OC(CNC(C)C)COc2cccc3ccccc23)[C@H](OC(C)=O)[C@H](OC(C)=O)[C@@H]1OC(C)=O. The minimum Gasteiger partial charge on any atom is -0.490 e. The number of rotatable bonds is 12. The van der Waals surface area contributed by atoms with Crippen molar-refractivity contribution in [1.29, 1.82) is 0 Å². The zero-order valence-corrected chi connectivity index (χ0v) is 24.0. The molecule has 1 heterocycles. The first-order valence-corrected chi connectivity index (χ1v) is 13.2. The van der Waals surface area contributed by atoms with Gasteiger partial charge in [-0.3, -0.25) is 14.4 Å². The summed E-state index contributed by atoms with van der Waals surface area (Å²) < 4.78 is 39.4. The molecule has 1 N–H and O–H groups in total. The molecule has 1 unspecified atom stereocenters. The van der Waals surface area contributed by atoms with Gasteiger partial charge in [0, 0.05) is 38.7 Å². The molecule has 0 aromatic heterocycles. The van der Waals surface area contributed by atoms with Crippen LogP contribution < -0.4 is 10.1 Å². The summed E-state index contributed by atoms with van der Waals surface area (Å²) in [5, 5.41) is 5.17. The van der Waals surface area contributed by atoms with E-state index in [2.05, 4.69) is 5.32 Å². The van der Waals surface area contributed by atoms with Gasteiger partial charge in [-0.15, -0.1) is 0 Å². The Hall–Kier alpha value is -3.74. The number of benzene rings is 2. The van der Waals surface area contributed by atoms with Crippen LogP contribution in [-0.2, 0) is 47.6 Å². The van der Waals surface area contributed by atoms with Crippen LogP contribution in [0.15, 0.2) is 42.5 Å².